The molecule has 0 aliphatic carbocycles. The van der Waals surface area contributed by atoms with Crippen LogP contribution >= 0.6 is 0 Å². The Morgan fingerprint density at radius 2 is 2.06 bits per heavy atom. The molecule has 1 N–H and O–H groups in total. The number of hydrogen-bond donors (Lipinski definition) is 1. The highest BCUT2D eigenvalue weighted by atomic mass is 19.4. The Balaban J connectivity index is 2.37. The molecule has 1 atom stereocenters. The number of nitrogens with zero attached hydrogens (tertiary/aromatic N) is 1. The third kappa shape index (κ3) is 2.33. The lowest BCUT2D eigenvalue weighted by Gasteiger charge is -2.21. The molecule has 0 spiro atoms. The van der Waals surface area contributed by atoms with Crippen molar-refractivity contribution >= 4 is 11.6 Å². The molecular weight excluding hydrogens is 245 g/mol. The van der Waals surface area contributed by atoms with E-state index >= 15 is 0 Å². The van der Waals surface area contributed by atoms with Gasteiger partial charge < -0.3 is 0 Å². The Kier molecular flexibility index (Phi) is 3.30. The van der Waals surface area contributed by atoms with Crippen LogP contribution in [0.3, 0.4) is 0 Å². The molecule has 1 aliphatic rings. The second-order valence-corrected chi connectivity index (χ2v) is 4.18. The normalized spacial score (nSPS) is 20.6. The highest BCUT2D eigenvalue weighted by Gasteiger charge is 2.38. The van der Waals surface area contributed by atoms with Gasteiger partial charge in [0.2, 0.25) is 5.91 Å². The van der Waals surface area contributed by atoms with Crippen LogP contribution in [0.2, 0.25) is 0 Å². The molecule has 98 valence electrons. The zero-order valence-corrected chi connectivity index (χ0v) is 9.79. The van der Waals surface area contributed by atoms with Crippen LogP contribution in [0, 0.1) is 0 Å². The Morgan fingerprint density at radius 3 is 2.61 bits per heavy atom. The molecule has 1 fully saturated rings. The van der Waals surface area contributed by atoms with Crippen LogP contribution in [0.25, 0.3) is 0 Å². The van der Waals surface area contributed by atoms with E-state index in [4.69, 9.17) is 0 Å². The minimum Gasteiger partial charge on any atom is -0.273 e. The molecule has 1 aromatic carbocycles. The van der Waals surface area contributed by atoms with Crippen LogP contribution in [0.5, 0.6) is 0 Å². The number of carbonyl (C=O) groups excluding carboxylic acids is 1. The molecule has 0 bridgehead atoms. The zero-order valence-electron chi connectivity index (χ0n) is 9.79. The summed E-state index contributed by atoms with van der Waals surface area (Å²) in [4.78, 5) is 11.7. The average Bonchev–Trinajstić information content (AvgIpc) is 2.69. The number of nitrogens with one attached hydrogen (secondary N) is 1. The van der Waals surface area contributed by atoms with Gasteiger partial charge in [0.25, 0.3) is 0 Å². The van der Waals surface area contributed by atoms with E-state index in [1.807, 2.05) is 6.92 Å². The molecule has 18 heavy (non-hydrogen) atoms. The molecule has 1 aromatic rings. The predicted molar refractivity (Wildman–Crippen MR) is 60.8 cm³/mol. The fourth-order valence-corrected chi connectivity index (χ4v) is 1.95. The Hall–Kier alpha value is -1.56. The number of hydrogen-bond acceptors (Lipinski definition) is 2. The van der Waals surface area contributed by atoms with Gasteiger partial charge in [0.15, 0.2) is 0 Å². The van der Waals surface area contributed by atoms with Gasteiger partial charge >= 0.3 is 6.18 Å². The van der Waals surface area contributed by atoms with Crippen LogP contribution in [0.15, 0.2) is 24.3 Å². The molecule has 1 unspecified atom stereocenters. The van der Waals surface area contributed by atoms with Gasteiger partial charge in [-0.1, -0.05) is 19.1 Å². The van der Waals surface area contributed by atoms with Gasteiger partial charge in [-0.25, -0.2) is 10.4 Å². The van der Waals surface area contributed by atoms with Crippen LogP contribution < -0.4 is 10.4 Å². The van der Waals surface area contributed by atoms with E-state index in [-0.39, 0.29) is 24.1 Å². The van der Waals surface area contributed by atoms with Crippen molar-refractivity contribution in [1.29, 1.82) is 0 Å². The van der Waals surface area contributed by atoms with Gasteiger partial charge in [0, 0.05) is 12.5 Å². The number of halogens is 3. The first kappa shape index (κ1) is 12.9. The van der Waals surface area contributed by atoms with Crippen LogP contribution in [0.1, 0.15) is 25.3 Å². The number of carbonyl (C=O) groups is 1. The van der Waals surface area contributed by atoms with Gasteiger partial charge in [-0.3, -0.25) is 4.79 Å². The van der Waals surface area contributed by atoms with E-state index in [2.05, 4.69) is 5.43 Å². The summed E-state index contributed by atoms with van der Waals surface area (Å²) in [6, 6.07) is 4.97. The van der Waals surface area contributed by atoms with E-state index in [0.29, 0.717) is 6.42 Å². The van der Waals surface area contributed by atoms with Crippen molar-refractivity contribution < 1.29 is 18.0 Å². The highest BCUT2D eigenvalue weighted by molar-refractivity contribution is 5.95. The zero-order chi connectivity index (χ0) is 13.3. The number of hydrazine groups is 1. The van der Waals surface area contributed by atoms with Crippen LogP contribution in [0.4, 0.5) is 18.9 Å². The third-order valence-corrected chi connectivity index (χ3v) is 2.93. The van der Waals surface area contributed by atoms with Crippen LogP contribution in [-0.2, 0) is 11.0 Å². The van der Waals surface area contributed by atoms with Gasteiger partial charge in [-0.15, -0.1) is 0 Å². The smallest absolute Gasteiger partial charge is 0.273 e. The second kappa shape index (κ2) is 4.61. The standard InChI is InChI=1S/C12H13F3N2O/c1-2-8-7-11(18)17(16-8)10-6-4-3-5-9(10)12(13,14)15/h3-6,8,16H,2,7H2,1H3. The largest absolute Gasteiger partial charge is 0.418 e. The number of benzene rings is 1. The quantitative estimate of drug-likeness (QED) is 0.884. The van der Waals surface area contributed by atoms with E-state index in [1.54, 1.807) is 0 Å². The summed E-state index contributed by atoms with van der Waals surface area (Å²) in [6.07, 6.45) is -3.55. The minimum atomic E-state index is -4.47. The Bertz CT molecular complexity index is 459. The SMILES string of the molecule is CCC1CC(=O)N(c2ccccc2C(F)(F)F)N1. The van der Waals surface area contributed by atoms with Crippen molar-refractivity contribution in [2.75, 3.05) is 5.01 Å². The fraction of sp³-hybridized carbons (Fsp3) is 0.417. The summed E-state index contributed by atoms with van der Waals surface area (Å²) in [6.45, 7) is 1.88. The van der Waals surface area contributed by atoms with E-state index in [0.717, 1.165) is 11.1 Å². The molecule has 1 saturated heterocycles. The monoisotopic (exact) mass is 258 g/mol. The predicted octanol–water partition coefficient (Wildman–Crippen LogP) is 2.73. The number of para-hydroxylation sites is 1. The van der Waals surface area contributed by atoms with Gasteiger partial charge in [-0.05, 0) is 18.6 Å². The molecule has 3 nitrogen and oxygen atoms in total. The minimum absolute atomic E-state index is 0.0983. The molecule has 0 aromatic heterocycles. The molecular formula is C12H13F3N2O. The van der Waals surface area contributed by atoms with Gasteiger partial charge in [0.1, 0.15) is 0 Å². The van der Waals surface area contributed by atoms with Crippen molar-refractivity contribution in [2.45, 2.75) is 32.0 Å². The number of anilines is 1. The summed E-state index contributed by atoms with van der Waals surface area (Å²) in [7, 11) is 0. The summed E-state index contributed by atoms with van der Waals surface area (Å²) in [5.74, 6) is -0.335. The van der Waals surface area contributed by atoms with Crippen LogP contribution in [-0.4, -0.2) is 11.9 Å². The maximum atomic E-state index is 12.8. The van der Waals surface area contributed by atoms with Crippen molar-refractivity contribution in [3.8, 4) is 0 Å². The lowest BCUT2D eigenvalue weighted by Crippen LogP contribution is -2.38. The molecule has 0 saturated carbocycles. The van der Waals surface area contributed by atoms with E-state index < -0.39 is 11.7 Å². The maximum Gasteiger partial charge on any atom is 0.418 e. The first-order chi connectivity index (χ1) is 8.43. The molecule has 1 heterocycles. The molecule has 1 amide bonds. The Morgan fingerprint density at radius 1 is 1.39 bits per heavy atom. The average molecular weight is 258 g/mol. The second-order valence-electron chi connectivity index (χ2n) is 4.18. The molecule has 0 radical (unpaired) electrons. The van der Waals surface area contributed by atoms with Crippen molar-refractivity contribution in [3.63, 3.8) is 0 Å². The lowest BCUT2D eigenvalue weighted by atomic mass is 10.1. The van der Waals surface area contributed by atoms with Crippen molar-refractivity contribution in [3.05, 3.63) is 29.8 Å². The summed E-state index contributed by atoms with van der Waals surface area (Å²) in [5, 5.41) is 1.01. The lowest BCUT2D eigenvalue weighted by molar-refractivity contribution is -0.137. The van der Waals surface area contributed by atoms with Crippen molar-refractivity contribution in [1.82, 2.24) is 5.43 Å². The number of alkyl halides is 3. The molecule has 2 rings (SSSR count). The van der Waals surface area contributed by atoms with E-state index in [9.17, 15) is 18.0 Å². The highest BCUT2D eigenvalue weighted by Crippen LogP contribution is 2.37. The number of rotatable bonds is 2. The number of amides is 1. The first-order valence-corrected chi connectivity index (χ1v) is 5.69. The summed E-state index contributed by atoms with van der Waals surface area (Å²) >= 11 is 0. The Labute approximate surface area is 103 Å². The van der Waals surface area contributed by atoms with E-state index in [1.165, 1.54) is 18.2 Å². The topological polar surface area (TPSA) is 32.3 Å². The first-order valence-electron chi connectivity index (χ1n) is 5.69. The summed E-state index contributed by atoms with van der Waals surface area (Å²) < 4.78 is 38.5. The maximum absolute atomic E-state index is 12.8. The molecule has 6 heteroatoms. The van der Waals surface area contributed by atoms with Gasteiger partial charge in [0.05, 0.1) is 11.3 Å². The summed E-state index contributed by atoms with van der Waals surface area (Å²) in [5.41, 5.74) is 1.87. The molecule has 1 aliphatic heterocycles. The van der Waals surface area contributed by atoms with Gasteiger partial charge in [-0.2, -0.15) is 13.2 Å². The third-order valence-electron chi connectivity index (χ3n) is 2.93. The van der Waals surface area contributed by atoms with Crippen molar-refractivity contribution in [2.24, 2.45) is 0 Å². The fourth-order valence-electron chi connectivity index (χ4n) is 1.95.